The van der Waals surface area contributed by atoms with Gasteiger partial charge in [0.25, 0.3) is 0 Å². The third-order valence-corrected chi connectivity index (χ3v) is 5.35. The zero-order valence-corrected chi connectivity index (χ0v) is 16.2. The number of hydrogen-bond acceptors (Lipinski definition) is 6. The van der Waals surface area contributed by atoms with E-state index in [1.165, 1.54) is 0 Å². The maximum absolute atomic E-state index is 12.8. The fourth-order valence-corrected chi connectivity index (χ4v) is 3.48. The lowest BCUT2D eigenvalue weighted by Crippen LogP contribution is -2.47. The molecule has 3 rings (SSSR count). The molecule has 2 aliphatic heterocycles. The van der Waals surface area contributed by atoms with E-state index in [1.54, 1.807) is 41.5 Å². The standard InChI is InChI=1S/C20H28O6/c1-9(2)15(22)14-16(23)10-8-13(19(3,4)24)25-17(10)11-7-12(21)20(5,6)26-18(11)14/h9,12-13,21,23-24H,7-8H2,1-6H3/t12-,13-/m0/s1. The SMILES string of the molecule is CC(C)C(=O)c1c(O)c2c(c3c1OC(C)(C)[C@@H](O)C3)O[C@H](C(C)(C)O)C2. The van der Waals surface area contributed by atoms with Crippen LogP contribution in [0.2, 0.25) is 0 Å². The molecule has 0 aromatic heterocycles. The van der Waals surface area contributed by atoms with Crippen molar-refractivity contribution in [1.29, 1.82) is 0 Å². The number of aliphatic hydroxyl groups excluding tert-OH is 1. The monoisotopic (exact) mass is 364 g/mol. The van der Waals surface area contributed by atoms with Gasteiger partial charge >= 0.3 is 0 Å². The van der Waals surface area contributed by atoms with Crippen LogP contribution in [-0.4, -0.2) is 44.5 Å². The molecule has 2 heterocycles. The number of phenolic OH excluding ortho intramolecular Hbond substituents is 1. The van der Waals surface area contributed by atoms with Crippen LogP contribution < -0.4 is 9.47 Å². The molecule has 26 heavy (non-hydrogen) atoms. The minimum Gasteiger partial charge on any atom is -0.507 e. The second-order valence-electron chi connectivity index (χ2n) is 8.75. The van der Waals surface area contributed by atoms with E-state index in [4.69, 9.17) is 9.47 Å². The summed E-state index contributed by atoms with van der Waals surface area (Å²) in [5.41, 5.74) is -0.786. The molecule has 2 aliphatic rings. The Hall–Kier alpha value is -1.79. The predicted molar refractivity (Wildman–Crippen MR) is 96.1 cm³/mol. The quantitative estimate of drug-likeness (QED) is 0.713. The number of carbonyl (C=O) groups is 1. The maximum Gasteiger partial charge on any atom is 0.172 e. The highest BCUT2D eigenvalue weighted by atomic mass is 16.5. The van der Waals surface area contributed by atoms with Crippen molar-refractivity contribution < 1.29 is 29.6 Å². The van der Waals surface area contributed by atoms with E-state index >= 15 is 0 Å². The molecule has 1 aromatic rings. The first-order chi connectivity index (χ1) is 11.8. The summed E-state index contributed by atoms with van der Waals surface area (Å²) in [5, 5.41) is 31.7. The molecular formula is C20H28O6. The van der Waals surface area contributed by atoms with Crippen LogP contribution in [0.4, 0.5) is 0 Å². The highest BCUT2D eigenvalue weighted by molar-refractivity contribution is 6.04. The molecule has 1 aromatic carbocycles. The zero-order chi connectivity index (χ0) is 19.6. The Balaban J connectivity index is 2.24. The predicted octanol–water partition coefficient (Wildman–Crippen LogP) is 2.38. The number of carbonyl (C=O) groups excluding carboxylic acids is 1. The summed E-state index contributed by atoms with van der Waals surface area (Å²) in [6.45, 7) is 10.3. The van der Waals surface area contributed by atoms with Crippen LogP contribution in [0.5, 0.6) is 17.2 Å². The van der Waals surface area contributed by atoms with Crippen LogP contribution in [0.1, 0.15) is 63.0 Å². The molecule has 0 bridgehead atoms. The van der Waals surface area contributed by atoms with Crippen molar-refractivity contribution in [3.63, 3.8) is 0 Å². The van der Waals surface area contributed by atoms with Crippen molar-refractivity contribution >= 4 is 5.78 Å². The van der Waals surface area contributed by atoms with E-state index in [2.05, 4.69) is 0 Å². The number of Topliss-reactive ketones (excluding diaryl/α,β-unsaturated/α-hetero) is 1. The molecule has 3 N–H and O–H groups in total. The lowest BCUT2D eigenvalue weighted by atomic mass is 9.85. The molecule has 0 saturated carbocycles. The van der Waals surface area contributed by atoms with Gasteiger partial charge in [0, 0.05) is 29.9 Å². The Morgan fingerprint density at radius 2 is 1.81 bits per heavy atom. The van der Waals surface area contributed by atoms with Crippen LogP contribution in [0.15, 0.2) is 0 Å². The van der Waals surface area contributed by atoms with Gasteiger partial charge in [0.1, 0.15) is 34.5 Å². The smallest absolute Gasteiger partial charge is 0.172 e. The number of benzene rings is 1. The Bertz CT molecular complexity index is 757. The third kappa shape index (κ3) is 2.85. The summed E-state index contributed by atoms with van der Waals surface area (Å²) in [6, 6.07) is 0. The second kappa shape index (κ2) is 5.86. The van der Waals surface area contributed by atoms with Gasteiger partial charge in [0.2, 0.25) is 0 Å². The van der Waals surface area contributed by atoms with E-state index in [0.29, 0.717) is 16.9 Å². The molecule has 0 fully saturated rings. The van der Waals surface area contributed by atoms with Crippen molar-refractivity contribution in [3.8, 4) is 17.2 Å². The molecule has 0 spiro atoms. The first-order valence-electron chi connectivity index (χ1n) is 9.05. The summed E-state index contributed by atoms with van der Waals surface area (Å²) < 4.78 is 11.9. The van der Waals surface area contributed by atoms with Crippen LogP contribution in [0.3, 0.4) is 0 Å². The normalized spacial score (nSPS) is 23.9. The first-order valence-corrected chi connectivity index (χ1v) is 9.05. The maximum atomic E-state index is 12.8. The largest absolute Gasteiger partial charge is 0.507 e. The number of ketones is 1. The lowest BCUT2D eigenvalue weighted by Gasteiger charge is -2.38. The summed E-state index contributed by atoms with van der Waals surface area (Å²) in [5.74, 6) is 0.0111. The van der Waals surface area contributed by atoms with Crippen molar-refractivity contribution in [2.75, 3.05) is 0 Å². The molecular weight excluding hydrogens is 336 g/mol. The van der Waals surface area contributed by atoms with Gasteiger partial charge in [0.15, 0.2) is 5.78 Å². The molecule has 0 saturated heterocycles. The summed E-state index contributed by atoms with van der Waals surface area (Å²) in [4.78, 5) is 12.8. The van der Waals surface area contributed by atoms with Crippen LogP contribution in [-0.2, 0) is 12.8 Å². The third-order valence-electron chi connectivity index (χ3n) is 5.35. The van der Waals surface area contributed by atoms with Gasteiger partial charge in [-0.3, -0.25) is 4.79 Å². The average molecular weight is 364 g/mol. The highest BCUT2D eigenvalue weighted by Crippen LogP contribution is 2.52. The van der Waals surface area contributed by atoms with Crippen LogP contribution in [0.25, 0.3) is 0 Å². The molecule has 0 amide bonds. The average Bonchev–Trinajstić information content (AvgIpc) is 2.95. The topological polar surface area (TPSA) is 96.2 Å². The molecule has 2 atom stereocenters. The highest BCUT2D eigenvalue weighted by Gasteiger charge is 2.46. The minimum absolute atomic E-state index is 0.142. The number of aromatic hydroxyl groups is 1. The molecule has 6 heteroatoms. The number of rotatable bonds is 3. The second-order valence-corrected chi connectivity index (χ2v) is 8.75. The zero-order valence-electron chi connectivity index (χ0n) is 16.2. The summed E-state index contributed by atoms with van der Waals surface area (Å²) >= 11 is 0. The van der Waals surface area contributed by atoms with Gasteiger partial charge < -0.3 is 24.8 Å². The minimum atomic E-state index is -1.12. The number of hydrogen-bond donors (Lipinski definition) is 3. The Kier molecular flexibility index (Phi) is 4.28. The lowest BCUT2D eigenvalue weighted by molar-refractivity contribution is -0.0447. The Morgan fingerprint density at radius 1 is 1.19 bits per heavy atom. The summed E-state index contributed by atoms with van der Waals surface area (Å²) in [6.07, 6.45) is -0.794. The Morgan fingerprint density at radius 3 is 2.35 bits per heavy atom. The van der Waals surface area contributed by atoms with E-state index < -0.39 is 23.4 Å². The molecule has 144 valence electrons. The number of phenols is 1. The van der Waals surface area contributed by atoms with Gasteiger partial charge in [-0.2, -0.15) is 0 Å². The van der Waals surface area contributed by atoms with Gasteiger partial charge in [-0.25, -0.2) is 0 Å². The van der Waals surface area contributed by atoms with Crippen molar-refractivity contribution in [2.24, 2.45) is 5.92 Å². The van der Waals surface area contributed by atoms with Crippen LogP contribution >= 0.6 is 0 Å². The van der Waals surface area contributed by atoms with E-state index in [1.807, 2.05) is 0 Å². The molecule has 6 nitrogen and oxygen atoms in total. The van der Waals surface area contributed by atoms with Crippen molar-refractivity contribution in [3.05, 3.63) is 16.7 Å². The molecule has 0 unspecified atom stereocenters. The molecule has 0 radical (unpaired) electrons. The van der Waals surface area contributed by atoms with Crippen molar-refractivity contribution in [2.45, 2.75) is 77.8 Å². The van der Waals surface area contributed by atoms with E-state index in [-0.39, 0.29) is 41.6 Å². The van der Waals surface area contributed by atoms with E-state index in [9.17, 15) is 20.1 Å². The fraction of sp³-hybridized carbons (Fsp3) is 0.650. The Labute approximate surface area is 153 Å². The van der Waals surface area contributed by atoms with E-state index in [0.717, 1.165) is 0 Å². The number of ether oxygens (including phenoxy) is 2. The van der Waals surface area contributed by atoms with Gasteiger partial charge in [0.05, 0.1) is 11.7 Å². The van der Waals surface area contributed by atoms with Crippen molar-refractivity contribution in [1.82, 2.24) is 0 Å². The van der Waals surface area contributed by atoms with Gasteiger partial charge in [-0.05, 0) is 27.7 Å². The first kappa shape index (κ1) is 19.0. The van der Waals surface area contributed by atoms with Gasteiger partial charge in [-0.15, -0.1) is 0 Å². The number of aliphatic hydroxyl groups is 2. The number of fused-ring (bicyclic) bond motifs is 3. The molecule has 0 aliphatic carbocycles. The summed E-state index contributed by atoms with van der Waals surface area (Å²) in [7, 11) is 0. The van der Waals surface area contributed by atoms with Gasteiger partial charge in [-0.1, -0.05) is 13.8 Å². The fourth-order valence-electron chi connectivity index (χ4n) is 3.48. The van der Waals surface area contributed by atoms with Crippen LogP contribution in [0, 0.1) is 5.92 Å².